The average Bonchev–Trinajstić information content (AvgIpc) is 2.50. The molecule has 1 atom stereocenters. The largest absolute Gasteiger partial charge is 0.462 e. The molecule has 1 aliphatic rings. The smallest absolute Gasteiger partial charge is 0.426 e. The van der Waals surface area contributed by atoms with Gasteiger partial charge in [0.15, 0.2) is 0 Å². The van der Waals surface area contributed by atoms with Gasteiger partial charge in [-0.25, -0.2) is 0 Å². The van der Waals surface area contributed by atoms with Crippen molar-refractivity contribution in [3.8, 4) is 0 Å². The molecule has 0 radical (unpaired) electrons. The van der Waals surface area contributed by atoms with Gasteiger partial charge in [-0.2, -0.15) is 26.3 Å². The maximum atomic E-state index is 13.0. The summed E-state index contributed by atoms with van der Waals surface area (Å²) in [4.78, 5) is 12.8. The summed E-state index contributed by atoms with van der Waals surface area (Å²) in [6.45, 7) is 10.9. The van der Waals surface area contributed by atoms with Crippen molar-refractivity contribution < 1.29 is 41.0 Å². The van der Waals surface area contributed by atoms with Crippen molar-refractivity contribution in [3.63, 3.8) is 0 Å². The van der Waals surface area contributed by atoms with Crippen LogP contribution in [0.5, 0.6) is 0 Å². The summed E-state index contributed by atoms with van der Waals surface area (Å²) >= 11 is 0. The molecule has 0 saturated heterocycles. The molecule has 1 fully saturated rings. The monoisotopic (exact) mass is 432 g/mol. The summed E-state index contributed by atoms with van der Waals surface area (Å²) in [5.74, 6) is -2.61. The average molecular weight is 432 g/mol. The van der Waals surface area contributed by atoms with Crippen LogP contribution in [0.4, 0.5) is 26.3 Å². The fourth-order valence-electron chi connectivity index (χ4n) is 3.65. The van der Waals surface area contributed by atoms with Gasteiger partial charge in [0.1, 0.15) is 6.10 Å². The predicted octanol–water partition coefficient (Wildman–Crippen LogP) is 5.96. The summed E-state index contributed by atoms with van der Waals surface area (Å²) < 4.78 is 83.7. The van der Waals surface area contributed by atoms with E-state index in [0.717, 1.165) is 5.57 Å². The zero-order valence-electron chi connectivity index (χ0n) is 17.6. The minimum Gasteiger partial charge on any atom is -0.462 e. The minimum absolute atomic E-state index is 0.181. The molecule has 170 valence electrons. The van der Waals surface area contributed by atoms with Crippen molar-refractivity contribution in [1.82, 2.24) is 0 Å². The van der Waals surface area contributed by atoms with E-state index < -0.39 is 59.6 Å². The van der Waals surface area contributed by atoms with Gasteiger partial charge >= 0.3 is 18.3 Å². The zero-order chi connectivity index (χ0) is 23.1. The van der Waals surface area contributed by atoms with Crippen LogP contribution >= 0.6 is 0 Å². The second-order valence-electron chi connectivity index (χ2n) is 9.31. The minimum atomic E-state index is -5.84. The van der Waals surface area contributed by atoms with E-state index in [1.54, 1.807) is 13.0 Å². The van der Waals surface area contributed by atoms with Gasteiger partial charge in [0.2, 0.25) is 0 Å². The van der Waals surface area contributed by atoms with Crippen LogP contribution in [0.2, 0.25) is 0 Å². The Bertz CT molecular complexity index is 604. The highest BCUT2D eigenvalue weighted by Crippen LogP contribution is 2.52. The number of esters is 1. The van der Waals surface area contributed by atoms with Gasteiger partial charge in [-0.1, -0.05) is 32.4 Å². The fraction of sp³-hybridized carbons (Fsp3) is 0.850. The highest BCUT2D eigenvalue weighted by atomic mass is 19.4. The summed E-state index contributed by atoms with van der Waals surface area (Å²) in [6, 6.07) is 0. The van der Waals surface area contributed by atoms with Crippen LogP contribution in [0.15, 0.2) is 11.6 Å². The molecular formula is C20H30F6O3. The van der Waals surface area contributed by atoms with Crippen LogP contribution in [0.25, 0.3) is 0 Å². The molecule has 1 rings (SSSR count). The molecule has 0 amide bonds. The lowest BCUT2D eigenvalue weighted by molar-refractivity contribution is -0.387. The summed E-state index contributed by atoms with van der Waals surface area (Å²) in [5, 5.41) is 9.55. The first kappa shape index (κ1) is 25.8. The highest BCUT2D eigenvalue weighted by molar-refractivity contribution is 5.80. The molecule has 0 bridgehead atoms. The number of rotatable bonds is 4. The SMILES string of the molecule is CC(C)=CC(C)(C(=O)OC1CCC(C(O)(C(F)(F)F)C(F)(F)F)CC1)C(C)(C)C. The maximum absolute atomic E-state index is 13.0. The quantitative estimate of drug-likeness (QED) is 0.339. The van der Waals surface area contributed by atoms with E-state index in [1.165, 1.54) is 0 Å². The number of halogens is 6. The Morgan fingerprint density at radius 1 is 0.897 bits per heavy atom. The number of hydrogen-bond donors (Lipinski definition) is 1. The zero-order valence-corrected chi connectivity index (χ0v) is 17.6. The Kier molecular flexibility index (Phi) is 7.22. The van der Waals surface area contributed by atoms with E-state index >= 15 is 0 Å². The number of carbonyl (C=O) groups is 1. The van der Waals surface area contributed by atoms with Gasteiger partial charge in [0, 0.05) is 5.92 Å². The molecule has 1 unspecified atom stereocenters. The van der Waals surface area contributed by atoms with Gasteiger partial charge in [0.25, 0.3) is 5.60 Å². The fourth-order valence-corrected chi connectivity index (χ4v) is 3.65. The first-order valence-corrected chi connectivity index (χ1v) is 9.50. The van der Waals surface area contributed by atoms with Crippen molar-refractivity contribution in [3.05, 3.63) is 11.6 Å². The van der Waals surface area contributed by atoms with Crippen LogP contribution in [0, 0.1) is 16.7 Å². The van der Waals surface area contributed by atoms with E-state index in [0.29, 0.717) is 0 Å². The molecule has 9 heteroatoms. The number of hydrogen-bond acceptors (Lipinski definition) is 3. The van der Waals surface area contributed by atoms with Gasteiger partial charge in [-0.05, 0) is 51.9 Å². The van der Waals surface area contributed by atoms with Crippen LogP contribution in [-0.2, 0) is 9.53 Å². The maximum Gasteiger partial charge on any atom is 0.426 e. The summed E-state index contributed by atoms with van der Waals surface area (Å²) in [6.07, 6.45) is -12.2. The lowest BCUT2D eigenvalue weighted by Gasteiger charge is -2.43. The van der Waals surface area contributed by atoms with Crippen LogP contribution in [0.1, 0.15) is 67.2 Å². The molecule has 1 N–H and O–H groups in total. The predicted molar refractivity (Wildman–Crippen MR) is 95.9 cm³/mol. The second kappa shape index (κ2) is 8.12. The molecule has 0 heterocycles. The van der Waals surface area contributed by atoms with E-state index in [4.69, 9.17) is 4.74 Å². The van der Waals surface area contributed by atoms with E-state index in [2.05, 4.69) is 0 Å². The van der Waals surface area contributed by atoms with Crippen molar-refractivity contribution in [2.75, 3.05) is 0 Å². The third kappa shape index (κ3) is 5.09. The van der Waals surface area contributed by atoms with Crippen LogP contribution < -0.4 is 0 Å². The van der Waals surface area contributed by atoms with Crippen LogP contribution in [0.3, 0.4) is 0 Å². The molecule has 1 saturated carbocycles. The third-order valence-electron chi connectivity index (χ3n) is 5.96. The van der Waals surface area contributed by atoms with Gasteiger partial charge < -0.3 is 9.84 Å². The Labute approximate surface area is 167 Å². The van der Waals surface area contributed by atoms with Crippen molar-refractivity contribution in [1.29, 1.82) is 0 Å². The first-order valence-electron chi connectivity index (χ1n) is 9.50. The highest BCUT2D eigenvalue weighted by Gasteiger charge is 2.73. The Morgan fingerprint density at radius 3 is 1.62 bits per heavy atom. The lowest BCUT2D eigenvalue weighted by atomic mass is 9.67. The molecule has 29 heavy (non-hydrogen) atoms. The van der Waals surface area contributed by atoms with E-state index in [9.17, 15) is 36.2 Å². The first-order chi connectivity index (χ1) is 12.8. The normalized spacial score (nSPS) is 23.9. The third-order valence-corrected chi connectivity index (χ3v) is 5.96. The number of carbonyl (C=O) groups excluding carboxylic acids is 1. The van der Waals surface area contributed by atoms with Gasteiger partial charge in [0.05, 0.1) is 5.41 Å². The Balaban J connectivity index is 2.96. The van der Waals surface area contributed by atoms with Crippen molar-refractivity contribution >= 4 is 5.97 Å². The van der Waals surface area contributed by atoms with Crippen molar-refractivity contribution in [2.24, 2.45) is 16.7 Å². The molecule has 3 nitrogen and oxygen atoms in total. The number of allylic oxidation sites excluding steroid dienone is 1. The van der Waals surface area contributed by atoms with Gasteiger partial charge in [-0.3, -0.25) is 4.79 Å². The topological polar surface area (TPSA) is 46.5 Å². The molecule has 0 aromatic rings. The Hall–Kier alpha value is -1.25. The second-order valence-corrected chi connectivity index (χ2v) is 9.31. The molecule has 1 aliphatic carbocycles. The Morgan fingerprint density at radius 2 is 1.31 bits per heavy atom. The van der Waals surface area contributed by atoms with Gasteiger partial charge in [-0.15, -0.1) is 0 Å². The standard InChI is InChI=1S/C20H30F6O3/c1-12(2)11-17(6,16(3,4)5)15(27)29-14-9-7-13(8-10-14)18(28,19(21,22)23)20(24,25)26/h11,13-14,28H,7-10H2,1-6H3. The molecule has 0 spiro atoms. The van der Waals surface area contributed by atoms with Crippen molar-refractivity contribution in [2.45, 2.75) is 91.3 Å². The van der Waals surface area contributed by atoms with E-state index in [-0.39, 0.29) is 12.8 Å². The molecule has 0 aromatic carbocycles. The summed E-state index contributed by atoms with van der Waals surface area (Å²) in [7, 11) is 0. The number of alkyl halides is 6. The molecule has 0 aromatic heterocycles. The lowest BCUT2D eigenvalue weighted by Crippen LogP contribution is -2.62. The van der Waals surface area contributed by atoms with E-state index in [1.807, 2.05) is 34.6 Å². The number of aliphatic hydroxyl groups is 1. The molecular weight excluding hydrogens is 402 g/mol. The summed E-state index contributed by atoms with van der Waals surface area (Å²) in [5.41, 5.74) is -5.42. The number of ether oxygens (including phenoxy) is 1. The molecule has 0 aliphatic heterocycles. The van der Waals surface area contributed by atoms with Crippen LogP contribution in [-0.4, -0.2) is 35.1 Å².